The molecule has 0 heterocycles. The molecule has 1 aromatic carbocycles. The highest BCUT2D eigenvalue weighted by Crippen LogP contribution is 2.28. The van der Waals surface area contributed by atoms with Crippen LogP contribution in [0.5, 0.6) is 0 Å². The highest BCUT2D eigenvalue weighted by atomic mass is 79.9. The molecule has 15 heavy (non-hydrogen) atoms. The van der Waals surface area contributed by atoms with Crippen LogP contribution in [0.1, 0.15) is 12.5 Å². The van der Waals surface area contributed by atoms with Crippen LogP contribution in [0.15, 0.2) is 28.7 Å². The first-order chi connectivity index (χ1) is 6.85. The lowest BCUT2D eigenvalue weighted by Gasteiger charge is -2.25. The van der Waals surface area contributed by atoms with Gasteiger partial charge in [0.05, 0.1) is 0 Å². The zero-order chi connectivity index (χ0) is 11.6. The molecule has 3 nitrogen and oxygen atoms in total. The predicted octanol–water partition coefficient (Wildman–Crippen LogP) is 2.08. The molecule has 1 rings (SSSR count). The van der Waals surface area contributed by atoms with Crippen LogP contribution in [0, 0.1) is 0 Å². The van der Waals surface area contributed by atoms with Crippen molar-refractivity contribution in [1.29, 1.82) is 0 Å². The van der Waals surface area contributed by atoms with Crippen molar-refractivity contribution in [2.45, 2.75) is 18.7 Å². The Labute approximate surface area is 94.7 Å². The van der Waals surface area contributed by atoms with Gasteiger partial charge in [-0.15, -0.1) is 0 Å². The molecule has 0 aliphatic carbocycles. The minimum atomic E-state index is -2.35. The molecular formula is C10H10BrFO3. The van der Waals surface area contributed by atoms with Crippen LogP contribution in [0.2, 0.25) is 0 Å². The van der Waals surface area contributed by atoms with Gasteiger partial charge in [0.25, 0.3) is 0 Å². The largest absolute Gasteiger partial charge is 0.479 e. The summed E-state index contributed by atoms with van der Waals surface area (Å²) in [7, 11) is 0. The normalized spacial score (nSPS) is 16.8. The fourth-order valence-corrected chi connectivity index (χ4v) is 1.59. The zero-order valence-corrected chi connectivity index (χ0v) is 9.53. The third-order valence-electron chi connectivity index (χ3n) is 2.12. The van der Waals surface area contributed by atoms with Gasteiger partial charge in [0.15, 0.2) is 0 Å². The second-order valence-electron chi connectivity index (χ2n) is 3.36. The number of carbonyl (C=O) groups is 1. The highest BCUT2D eigenvalue weighted by molar-refractivity contribution is 9.10. The molecule has 0 aliphatic rings. The first-order valence-corrected chi connectivity index (χ1v) is 5.00. The van der Waals surface area contributed by atoms with Crippen molar-refractivity contribution in [2.75, 3.05) is 0 Å². The van der Waals surface area contributed by atoms with Gasteiger partial charge in [0.2, 0.25) is 6.17 Å². The third-order valence-corrected chi connectivity index (χ3v) is 2.61. The second-order valence-corrected chi connectivity index (χ2v) is 4.27. The lowest BCUT2D eigenvalue weighted by Crippen LogP contribution is -2.39. The van der Waals surface area contributed by atoms with Gasteiger partial charge in [-0.05, 0) is 24.6 Å². The van der Waals surface area contributed by atoms with Crippen molar-refractivity contribution in [3.05, 3.63) is 34.3 Å². The van der Waals surface area contributed by atoms with Gasteiger partial charge in [-0.25, -0.2) is 9.18 Å². The van der Waals surface area contributed by atoms with E-state index in [9.17, 15) is 14.3 Å². The minimum Gasteiger partial charge on any atom is -0.479 e. The number of carboxylic acids is 1. The monoisotopic (exact) mass is 276 g/mol. The third kappa shape index (κ3) is 2.54. The summed E-state index contributed by atoms with van der Waals surface area (Å²) in [6, 6.07) is 6.26. The van der Waals surface area contributed by atoms with Gasteiger partial charge in [-0.2, -0.15) is 0 Å². The van der Waals surface area contributed by atoms with E-state index in [0.29, 0.717) is 4.47 Å². The maximum atomic E-state index is 13.3. The van der Waals surface area contributed by atoms with E-state index in [2.05, 4.69) is 15.9 Å². The van der Waals surface area contributed by atoms with Crippen molar-refractivity contribution in [1.82, 2.24) is 0 Å². The van der Waals surface area contributed by atoms with Crippen molar-refractivity contribution in [2.24, 2.45) is 0 Å². The number of carboxylic acid groups (broad SMARTS) is 1. The maximum absolute atomic E-state index is 13.3. The van der Waals surface area contributed by atoms with Crippen LogP contribution < -0.4 is 0 Å². The summed E-state index contributed by atoms with van der Waals surface area (Å²) in [5, 5.41) is 18.3. The molecule has 82 valence electrons. The standard InChI is InChI=1S/C10H10BrFO3/c1-10(15,8(12)9(13)14)6-3-2-4-7(11)5-6/h2-5,8,15H,1H3,(H,13,14). The SMILES string of the molecule is CC(O)(c1cccc(Br)c1)C(F)C(=O)O. The average molecular weight is 277 g/mol. The topological polar surface area (TPSA) is 57.5 Å². The predicted molar refractivity (Wildman–Crippen MR) is 56.2 cm³/mol. The van der Waals surface area contributed by atoms with Crippen molar-refractivity contribution >= 4 is 21.9 Å². The number of benzene rings is 1. The summed E-state index contributed by atoms with van der Waals surface area (Å²) in [6.07, 6.45) is -2.35. The van der Waals surface area contributed by atoms with Crippen molar-refractivity contribution in [3.63, 3.8) is 0 Å². The van der Waals surface area contributed by atoms with Gasteiger partial charge in [-0.1, -0.05) is 28.1 Å². The van der Waals surface area contributed by atoms with E-state index in [-0.39, 0.29) is 5.56 Å². The van der Waals surface area contributed by atoms with Gasteiger partial charge < -0.3 is 10.2 Å². The molecule has 0 aromatic heterocycles. The van der Waals surface area contributed by atoms with Gasteiger partial charge in [0, 0.05) is 4.47 Å². The molecular weight excluding hydrogens is 267 g/mol. The van der Waals surface area contributed by atoms with E-state index >= 15 is 0 Å². The van der Waals surface area contributed by atoms with Crippen LogP contribution in [0.4, 0.5) is 4.39 Å². The number of hydrogen-bond donors (Lipinski definition) is 2. The Hall–Kier alpha value is -0.940. The average Bonchev–Trinajstić information content (AvgIpc) is 2.16. The van der Waals surface area contributed by atoms with E-state index < -0.39 is 17.7 Å². The molecule has 0 saturated carbocycles. The van der Waals surface area contributed by atoms with Crippen LogP contribution in [-0.2, 0) is 10.4 Å². The van der Waals surface area contributed by atoms with E-state index in [1.807, 2.05) is 0 Å². The maximum Gasteiger partial charge on any atom is 0.341 e. The lowest BCUT2D eigenvalue weighted by molar-refractivity contribution is -0.153. The smallest absolute Gasteiger partial charge is 0.341 e. The molecule has 0 spiro atoms. The number of hydrogen-bond acceptors (Lipinski definition) is 2. The number of halogens is 2. The molecule has 0 bridgehead atoms. The Balaban J connectivity index is 3.10. The van der Waals surface area contributed by atoms with Crippen LogP contribution in [0.25, 0.3) is 0 Å². The molecule has 5 heteroatoms. The quantitative estimate of drug-likeness (QED) is 0.889. The summed E-state index contributed by atoms with van der Waals surface area (Å²) in [6.45, 7) is 1.13. The molecule has 0 amide bonds. The van der Waals surface area contributed by atoms with E-state index in [0.717, 1.165) is 6.92 Å². The Morgan fingerprint density at radius 1 is 1.60 bits per heavy atom. The van der Waals surface area contributed by atoms with Crippen LogP contribution in [-0.4, -0.2) is 22.4 Å². The number of aliphatic carboxylic acids is 1. The number of aliphatic hydroxyl groups is 1. The van der Waals surface area contributed by atoms with Crippen molar-refractivity contribution < 1.29 is 19.4 Å². The molecule has 0 fully saturated rings. The lowest BCUT2D eigenvalue weighted by atomic mass is 9.91. The second kappa shape index (κ2) is 4.28. The molecule has 2 atom stereocenters. The van der Waals surface area contributed by atoms with E-state index in [4.69, 9.17) is 5.11 Å². The van der Waals surface area contributed by atoms with Crippen LogP contribution in [0.3, 0.4) is 0 Å². The Kier molecular flexibility index (Phi) is 3.46. The summed E-state index contributed by atoms with van der Waals surface area (Å²) in [5.74, 6) is -1.68. The van der Waals surface area contributed by atoms with Crippen LogP contribution >= 0.6 is 15.9 Å². The van der Waals surface area contributed by atoms with E-state index in [1.54, 1.807) is 12.1 Å². The zero-order valence-electron chi connectivity index (χ0n) is 7.95. The first kappa shape index (κ1) is 12.1. The number of rotatable bonds is 3. The summed E-state index contributed by atoms with van der Waals surface area (Å²) >= 11 is 3.16. The summed E-state index contributed by atoms with van der Waals surface area (Å²) in [5.41, 5.74) is -1.82. The minimum absolute atomic E-state index is 0.215. The van der Waals surface area contributed by atoms with Crippen molar-refractivity contribution in [3.8, 4) is 0 Å². The van der Waals surface area contributed by atoms with Gasteiger partial charge in [0.1, 0.15) is 5.60 Å². The molecule has 0 radical (unpaired) electrons. The Morgan fingerprint density at radius 3 is 2.67 bits per heavy atom. The van der Waals surface area contributed by atoms with Gasteiger partial charge in [-0.3, -0.25) is 0 Å². The van der Waals surface area contributed by atoms with Gasteiger partial charge >= 0.3 is 5.97 Å². The Morgan fingerprint density at radius 2 is 2.20 bits per heavy atom. The van der Waals surface area contributed by atoms with E-state index in [1.165, 1.54) is 12.1 Å². The fourth-order valence-electron chi connectivity index (χ4n) is 1.19. The molecule has 1 aromatic rings. The number of alkyl halides is 1. The fraction of sp³-hybridized carbons (Fsp3) is 0.300. The Bertz CT molecular complexity index is 379. The summed E-state index contributed by atoms with van der Waals surface area (Å²) in [4.78, 5) is 10.5. The molecule has 0 aliphatic heterocycles. The highest BCUT2D eigenvalue weighted by Gasteiger charge is 2.39. The molecule has 2 N–H and O–H groups in total. The molecule has 0 saturated heterocycles. The summed E-state index contributed by atoms with van der Waals surface area (Å²) < 4.78 is 13.9. The first-order valence-electron chi connectivity index (χ1n) is 4.21. The molecule has 2 unspecified atom stereocenters.